The van der Waals surface area contributed by atoms with Crippen molar-refractivity contribution in [1.82, 2.24) is 4.90 Å². The summed E-state index contributed by atoms with van der Waals surface area (Å²) >= 11 is 0.379. The molecule has 0 saturated carbocycles. The molecule has 0 bridgehead atoms. The molecule has 1 heterocycles. The number of nitrogens with zero attached hydrogens (tertiary/aromatic N) is 2. The number of benzene rings is 2. The van der Waals surface area contributed by atoms with Gasteiger partial charge in [-0.25, -0.2) is 0 Å². The van der Waals surface area contributed by atoms with Crippen LogP contribution in [0, 0.1) is 13.8 Å². The quantitative estimate of drug-likeness (QED) is 0.728. The molecule has 1 saturated heterocycles. The molecule has 0 spiro atoms. The SMILES string of the molecule is Cc1ccc(N=C2[Se]C(c3ccccc3)CN2C(C)C)cc1C. The molecule has 3 rings (SSSR count). The number of hydrogen-bond donors (Lipinski definition) is 0. The van der Waals surface area contributed by atoms with Crippen LogP contribution in [0.3, 0.4) is 0 Å². The first-order valence-electron chi connectivity index (χ1n) is 8.19. The van der Waals surface area contributed by atoms with E-state index in [-0.39, 0.29) is 0 Å². The third-order valence-corrected chi connectivity index (χ3v) is 6.97. The molecule has 120 valence electrons. The van der Waals surface area contributed by atoms with Gasteiger partial charge < -0.3 is 0 Å². The molecule has 1 unspecified atom stereocenters. The second-order valence-corrected chi connectivity index (χ2v) is 8.88. The molecule has 2 nitrogen and oxygen atoms in total. The fourth-order valence-electron chi connectivity index (χ4n) is 2.76. The van der Waals surface area contributed by atoms with Crippen LogP contribution in [0.5, 0.6) is 0 Å². The van der Waals surface area contributed by atoms with Crippen LogP contribution >= 0.6 is 0 Å². The number of hydrogen-bond acceptors (Lipinski definition) is 1. The monoisotopic (exact) mass is 372 g/mol. The molecule has 0 aromatic heterocycles. The topological polar surface area (TPSA) is 15.6 Å². The zero-order valence-electron chi connectivity index (χ0n) is 14.3. The first kappa shape index (κ1) is 16.3. The molecule has 1 aliphatic rings. The van der Waals surface area contributed by atoms with E-state index in [1.54, 1.807) is 0 Å². The van der Waals surface area contributed by atoms with Gasteiger partial charge >= 0.3 is 146 Å². The molecule has 0 N–H and O–H groups in total. The molecular formula is C20H24N2Se. The Bertz CT molecular complexity index is 707. The van der Waals surface area contributed by atoms with E-state index in [9.17, 15) is 0 Å². The van der Waals surface area contributed by atoms with E-state index in [0.29, 0.717) is 25.8 Å². The van der Waals surface area contributed by atoms with Crippen molar-refractivity contribution in [1.29, 1.82) is 0 Å². The molecule has 2 aromatic carbocycles. The summed E-state index contributed by atoms with van der Waals surface area (Å²) in [5.74, 6) is 0. The summed E-state index contributed by atoms with van der Waals surface area (Å²) in [5.41, 5.74) is 5.18. The molecule has 3 heteroatoms. The Labute approximate surface area is 145 Å². The van der Waals surface area contributed by atoms with E-state index in [2.05, 4.69) is 81.1 Å². The predicted molar refractivity (Wildman–Crippen MR) is 99.8 cm³/mol. The van der Waals surface area contributed by atoms with Crippen molar-refractivity contribution in [2.24, 2.45) is 4.99 Å². The van der Waals surface area contributed by atoms with Gasteiger partial charge in [-0.1, -0.05) is 0 Å². The molecule has 23 heavy (non-hydrogen) atoms. The molecule has 1 aliphatic heterocycles. The average Bonchev–Trinajstić information content (AvgIpc) is 2.96. The molecular weight excluding hydrogens is 347 g/mol. The molecule has 0 radical (unpaired) electrons. The van der Waals surface area contributed by atoms with Gasteiger partial charge in [0.15, 0.2) is 0 Å². The number of aryl methyl sites for hydroxylation is 2. The molecule has 0 amide bonds. The first-order valence-corrected chi connectivity index (χ1v) is 10.0. The van der Waals surface area contributed by atoms with Crippen molar-refractivity contribution in [3.05, 3.63) is 65.2 Å². The van der Waals surface area contributed by atoms with Crippen LogP contribution in [0.25, 0.3) is 0 Å². The van der Waals surface area contributed by atoms with E-state index in [1.807, 2.05) is 0 Å². The van der Waals surface area contributed by atoms with Gasteiger partial charge in [0.05, 0.1) is 0 Å². The minimum absolute atomic E-state index is 0.379. The van der Waals surface area contributed by atoms with Crippen molar-refractivity contribution < 1.29 is 0 Å². The Kier molecular flexibility index (Phi) is 4.89. The van der Waals surface area contributed by atoms with E-state index < -0.39 is 0 Å². The van der Waals surface area contributed by atoms with Crippen molar-refractivity contribution in [3.63, 3.8) is 0 Å². The zero-order chi connectivity index (χ0) is 16.4. The second-order valence-electron chi connectivity index (χ2n) is 6.43. The first-order chi connectivity index (χ1) is 11.0. The third-order valence-electron chi connectivity index (χ3n) is 4.37. The summed E-state index contributed by atoms with van der Waals surface area (Å²) in [6.07, 6.45) is 0. The van der Waals surface area contributed by atoms with Gasteiger partial charge in [0.1, 0.15) is 0 Å². The van der Waals surface area contributed by atoms with Crippen molar-refractivity contribution in [2.45, 2.75) is 38.6 Å². The Morgan fingerprint density at radius 2 is 1.78 bits per heavy atom. The van der Waals surface area contributed by atoms with Crippen LogP contribution in [0.2, 0.25) is 0 Å². The standard InChI is InChI=1S/C20H24N2Se/c1-14(2)22-13-19(17-8-6-5-7-9-17)23-20(22)21-18-11-10-15(3)16(4)12-18/h5-12,14,19H,13H2,1-4H3. The van der Waals surface area contributed by atoms with Crippen molar-refractivity contribution in [2.75, 3.05) is 6.54 Å². The summed E-state index contributed by atoms with van der Waals surface area (Å²) in [6.45, 7) is 9.92. The maximum absolute atomic E-state index is 5.01. The van der Waals surface area contributed by atoms with Crippen LogP contribution in [0.4, 0.5) is 5.69 Å². The Balaban J connectivity index is 1.90. The average molecular weight is 371 g/mol. The van der Waals surface area contributed by atoms with Crippen molar-refractivity contribution in [3.8, 4) is 0 Å². The van der Waals surface area contributed by atoms with Gasteiger partial charge in [0.2, 0.25) is 0 Å². The predicted octanol–water partition coefficient (Wildman–Crippen LogP) is 4.46. The van der Waals surface area contributed by atoms with Gasteiger partial charge in [0, 0.05) is 0 Å². The number of aliphatic imine (C=N–C) groups is 1. The zero-order valence-corrected chi connectivity index (χ0v) is 16.0. The van der Waals surface area contributed by atoms with Gasteiger partial charge in [0.25, 0.3) is 0 Å². The van der Waals surface area contributed by atoms with Crippen LogP contribution < -0.4 is 0 Å². The van der Waals surface area contributed by atoms with E-state index in [0.717, 1.165) is 12.2 Å². The third kappa shape index (κ3) is 3.68. The van der Waals surface area contributed by atoms with Gasteiger partial charge in [-0.3, -0.25) is 0 Å². The van der Waals surface area contributed by atoms with E-state index in [1.165, 1.54) is 21.4 Å². The number of amidine groups is 1. The molecule has 2 aromatic rings. The van der Waals surface area contributed by atoms with Gasteiger partial charge in [-0.2, -0.15) is 0 Å². The fourth-order valence-corrected chi connectivity index (χ4v) is 5.61. The van der Waals surface area contributed by atoms with Crippen LogP contribution in [0.1, 0.15) is 35.4 Å². The Hall–Kier alpha value is -1.57. The van der Waals surface area contributed by atoms with Crippen LogP contribution in [-0.4, -0.2) is 37.2 Å². The van der Waals surface area contributed by atoms with Gasteiger partial charge in [-0.05, 0) is 0 Å². The normalized spacial score (nSPS) is 19.8. The molecule has 0 aliphatic carbocycles. The van der Waals surface area contributed by atoms with Crippen molar-refractivity contribution >= 4 is 25.4 Å². The van der Waals surface area contributed by atoms with E-state index >= 15 is 0 Å². The fraction of sp³-hybridized carbons (Fsp3) is 0.350. The minimum atomic E-state index is 0.379. The summed E-state index contributed by atoms with van der Waals surface area (Å²) in [5, 5.41) is 0. The van der Waals surface area contributed by atoms with Crippen LogP contribution in [0.15, 0.2) is 53.5 Å². The maximum atomic E-state index is 5.01. The summed E-state index contributed by atoms with van der Waals surface area (Å²) in [6, 6.07) is 17.9. The second kappa shape index (κ2) is 6.90. The number of rotatable bonds is 3. The van der Waals surface area contributed by atoms with Crippen LogP contribution in [-0.2, 0) is 0 Å². The summed E-state index contributed by atoms with van der Waals surface area (Å²) in [4.78, 5) is 8.10. The van der Waals surface area contributed by atoms with E-state index in [4.69, 9.17) is 4.99 Å². The van der Waals surface area contributed by atoms with Gasteiger partial charge in [-0.15, -0.1) is 0 Å². The Morgan fingerprint density at radius 1 is 1.04 bits per heavy atom. The summed E-state index contributed by atoms with van der Waals surface area (Å²) in [7, 11) is 0. The summed E-state index contributed by atoms with van der Waals surface area (Å²) < 4.78 is 1.28. The Morgan fingerprint density at radius 3 is 2.43 bits per heavy atom. The molecule has 1 fully saturated rings. The molecule has 1 atom stereocenters.